The highest BCUT2D eigenvalue weighted by Crippen LogP contribution is 2.35. The van der Waals surface area contributed by atoms with E-state index in [4.69, 9.17) is 4.74 Å². The van der Waals surface area contributed by atoms with Crippen LogP contribution in [-0.4, -0.2) is 51.8 Å². The fraction of sp³-hybridized carbons (Fsp3) is 0.353. The largest absolute Gasteiger partial charge is 0.507 e. The number of halogens is 3. The van der Waals surface area contributed by atoms with Crippen LogP contribution in [0.25, 0.3) is 11.1 Å². The number of hydrogen-bond donors (Lipinski definition) is 1. The number of phenols is 1. The predicted octanol–water partition coefficient (Wildman–Crippen LogP) is 1.49. The van der Waals surface area contributed by atoms with Gasteiger partial charge in [0, 0.05) is 24.8 Å². The molecule has 2 heterocycles. The van der Waals surface area contributed by atoms with Gasteiger partial charge in [-0.2, -0.15) is 13.2 Å². The van der Waals surface area contributed by atoms with Crippen LogP contribution in [0.3, 0.4) is 0 Å². The SMILES string of the molecule is O=C(Cn1cncc(-c2ccc(C(F)(F)F)cc2O)c1=O)N1CCOCC1. The van der Waals surface area contributed by atoms with Crippen LogP contribution in [0.5, 0.6) is 5.75 Å². The highest BCUT2D eigenvalue weighted by Gasteiger charge is 2.31. The van der Waals surface area contributed by atoms with Crippen LogP contribution in [0.1, 0.15) is 5.56 Å². The molecule has 1 N–H and O–H groups in total. The molecule has 0 aliphatic carbocycles. The summed E-state index contributed by atoms with van der Waals surface area (Å²) in [4.78, 5) is 30.3. The molecule has 0 saturated carbocycles. The van der Waals surface area contributed by atoms with Crippen molar-refractivity contribution in [3.05, 3.63) is 46.6 Å². The number of alkyl halides is 3. The van der Waals surface area contributed by atoms with Gasteiger partial charge < -0.3 is 14.7 Å². The van der Waals surface area contributed by atoms with Crippen LogP contribution in [0.2, 0.25) is 0 Å². The molecule has 0 atom stereocenters. The Labute approximate surface area is 151 Å². The molecule has 2 aromatic rings. The third-order valence-electron chi connectivity index (χ3n) is 4.19. The molecular formula is C17H16F3N3O4. The summed E-state index contributed by atoms with van der Waals surface area (Å²) in [6.45, 7) is 1.40. The van der Waals surface area contributed by atoms with Gasteiger partial charge in [0.05, 0.1) is 30.7 Å². The minimum Gasteiger partial charge on any atom is -0.507 e. The average Bonchev–Trinajstić information content (AvgIpc) is 2.63. The van der Waals surface area contributed by atoms with Crippen LogP contribution in [-0.2, 0) is 22.3 Å². The summed E-state index contributed by atoms with van der Waals surface area (Å²) in [5.41, 5.74) is -1.86. The van der Waals surface area contributed by atoms with Gasteiger partial charge >= 0.3 is 6.18 Å². The molecule has 0 unspecified atom stereocenters. The number of aromatic hydroxyl groups is 1. The molecule has 1 aromatic carbocycles. The first kappa shape index (κ1) is 18.9. The quantitative estimate of drug-likeness (QED) is 0.868. The third kappa shape index (κ3) is 4.11. The zero-order chi connectivity index (χ0) is 19.6. The number of benzene rings is 1. The molecule has 0 spiro atoms. The number of nitrogens with zero attached hydrogens (tertiary/aromatic N) is 3. The van der Waals surface area contributed by atoms with Gasteiger partial charge in [0.2, 0.25) is 5.91 Å². The minimum absolute atomic E-state index is 0.0892. The zero-order valence-electron chi connectivity index (χ0n) is 14.1. The number of amides is 1. The zero-order valence-corrected chi connectivity index (χ0v) is 14.1. The maximum atomic E-state index is 12.7. The monoisotopic (exact) mass is 383 g/mol. The highest BCUT2D eigenvalue weighted by atomic mass is 19.4. The van der Waals surface area contributed by atoms with E-state index in [-0.39, 0.29) is 23.6 Å². The number of aromatic nitrogens is 2. The second-order valence-corrected chi connectivity index (χ2v) is 5.96. The molecule has 1 fully saturated rings. The van der Waals surface area contributed by atoms with Crippen LogP contribution < -0.4 is 5.56 Å². The molecule has 1 saturated heterocycles. The van der Waals surface area contributed by atoms with E-state index >= 15 is 0 Å². The fourth-order valence-electron chi connectivity index (χ4n) is 2.74. The number of hydrogen-bond acceptors (Lipinski definition) is 5. The predicted molar refractivity (Wildman–Crippen MR) is 88.0 cm³/mol. The van der Waals surface area contributed by atoms with E-state index in [1.165, 1.54) is 6.33 Å². The number of rotatable bonds is 3. The lowest BCUT2D eigenvalue weighted by molar-refractivity contribution is -0.138. The van der Waals surface area contributed by atoms with E-state index in [1.54, 1.807) is 4.90 Å². The average molecular weight is 383 g/mol. The van der Waals surface area contributed by atoms with E-state index < -0.39 is 23.0 Å². The van der Waals surface area contributed by atoms with Gasteiger partial charge in [-0.05, 0) is 18.2 Å². The second kappa shape index (κ2) is 7.39. The van der Waals surface area contributed by atoms with Crippen molar-refractivity contribution in [1.29, 1.82) is 0 Å². The van der Waals surface area contributed by atoms with Gasteiger partial charge in [-0.25, -0.2) is 4.98 Å². The van der Waals surface area contributed by atoms with Crippen molar-refractivity contribution in [2.75, 3.05) is 26.3 Å². The van der Waals surface area contributed by atoms with Crippen molar-refractivity contribution in [1.82, 2.24) is 14.5 Å². The molecule has 144 valence electrons. The van der Waals surface area contributed by atoms with E-state index in [2.05, 4.69) is 4.98 Å². The molecule has 27 heavy (non-hydrogen) atoms. The summed E-state index contributed by atoms with van der Waals surface area (Å²) in [6.07, 6.45) is -2.30. The Morgan fingerprint density at radius 1 is 1.22 bits per heavy atom. The van der Waals surface area contributed by atoms with Crippen molar-refractivity contribution in [2.24, 2.45) is 0 Å². The molecule has 1 aromatic heterocycles. The smallest absolute Gasteiger partial charge is 0.416 e. The molecular weight excluding hydrogens is 367 g/mol. The summed E-state index contributed by atoms with van der Waals surface area (Å²) < 4.78 is 44.4. The van der Waals surface area contributed by atoms with Gasteiger partial charge in [0.15, 0.2) is 0 Å². The summed E-state index contributed by atoms with van der Waals surface area (Å²) in [5.74, 6) is -0.989. The maximum absolute atomic E-state index is 12.7. The summed E-state index contributed by atoms with van der Waals surface area (Å²) >= 11 is 0. The second-order valence-electron chi connectivity index (χ2n) is 5.96. The molecule has 0 bridgehead atoms. The Morgan fingerprint density at radius 3 is 2.56 bits per heavy atom. The standard InChI is InChI=1S/C17H16F3N3O4/c18-17(19,20)11-1-2-12(14(24)7-11)13-8-21-10-23(16(13)26)9-15(25)22-3-5-27-6-4-22/h1-2,7-8,10,24H,3-6,9H2. The van der Waals surface area contributed by atoms with Gasteiger partial charge in [0.25, 0.3) is 5.56 Å². The number of phenolic OH excluding ortho intramolecular Hbond substituents is 1. The molecule has 1 amide bonds. The minimum atomic E-state index is -4.62. The molecule has 7 nitrogen and oxygen atoms in total. The topological polar surface area (TPSA) is 84.7 Å². The van der Waals surface area contributed by atoms with Gasteiger partial charge in [-0.1, -0.05) is 0 Å². The number of carbonyl (C=O) groups excluding carboxylic acids is 1. The Kier molecular flexibility index (Phi) is 5.17. The van der Waals surface area contributed by atoms with E-state index in [0.29, 0.717) is 32.4 Å². The highest BCUT2D eigenvalue weighted by molar-refractivity contribution is 5.76. The van der Waals surface area contributed by atoms with Crippen molar-refractivity contribution < 1.29 is 27.8 Å². The van der Waals surface area contributed by atoms with E-state index in [0.717, 1.165) is 22.9 Å². The summed E-state index contributed by atoms with van der Waals surface area (Å²) in [7, 11) is 0. The molecule has 0 radical (unpaired) electrons. The Morgan fingerprint density at radius 2 is 1.93 bits per heavy atom. The van der Waals surface area contributed by atoms with Crippen LogP contribution in [0, 0.1) is 0 Å². The van der Waals surface area contributed by atoms with Gasteiger partial charge in [-0.3, -0.25) is 14.2 Å². The lowest BCUT2D eigenvalue weighted by Crippen LogP contribution is -2.43. The lowest BCUT2D eigenvalue weighted by Gasteiger charge is -2.27. The van der Waals surface area contributed by atoms with Crippen LogP contribution in [0.4, 0.5) is 13.2 Å². The van der Waals surface area contributed by atoms with Gasteiger partial charge in [0.1, 0.15) is 12.3 Å². The molecule has 1 aliphatic heterocycles. The fourth-order valence-corrected chi connectivity index (χ4v) is 2.74. The first-order valence-corrected chi connectivity index (χ1v) is 8.08. The van der Waals surface area contributed by atoms with Crippen LogP contribution in [0.15, 0.2) is 35.5 Å². The first-order valence-electron chi connectivity index (χ1n) is 8.08. The molecule has 3 rings (SSSR count). The normalized spacial score (nSPS) is 15.0. The Balaban J connectivity index is 1.89. The summed E-state index contributed by atoms with van der Waals surface area (Å²) in [5, 5.41) is 9.94. The van der Waals surface area contributed by atoms with Crippen molar-refractivity contribution >= 4 is 5.91 Å². The Hall–Kier alpha value is -2.88. The number of ether oxygens (including phenoxy) is 1. The van der Waals surface area contributed by atoms with Crippen molar-refractivity contribution in [2.45, 2.75) is 12.7 Å². The van der Waals surface area contributed by atoms with Crippen molar-refractivity contribution in [3.8, 4) is 16.9 Å². The summed E-state index contributed by atoms with van der Waals surface area (Å²) in [6, 6.07) is 2.32. The lowest BCUT2D eigenvalue weighted by atomic mass is 10.0. The van der Waals surface area contributed by atoms with Crippen LogP contribution >= 0.6 is 0 Å². The van der Waals surface area contributed by atoms with E-state index in [9.17, 15) is 27.9 Å². The van der Waals surface area contributed by atoms with Crippen molar-refractivity contribution in [3.63, 3.8) is 0 Å². The first-order chi connectivity index (χ1) is 12.8. The number of morpholine rings is 1. The maximum Gasteiger partial charge on any atom is 0.416 e. The molecule has 1 aliphatic rings. The Bertz CT molecular complexity index is 905. The molecule has 10 heteroatoms. The third-order valence-corrected chi connectivity index (χ3v) is 4.19. The van der Waals surface area contributed by atoms with Gasteiger partial charge in [-0.15, -0.1) is 0 Å². The van der Waals surface area contributed by atoms with E-state index in [1.807, 2.05) is 0 Å². The number of carbonyl (C=O) groups is 1.